The Morgan fingerprint density at radius 1 is 0.357 bits per heavy atom. The number of benzene rings is 5. The smallest absolute Gasteiger partial charge is 0.430 e. The van der Waals surface area contributed by atoms with Gasteiger partial charge in [-0.15, -0.1) is 13.2 Å². The first-order valence-corrected chi connectivity index (χ1v) is 32.5. The Hall–Kier alpha value is -3.32. The van der Waals surface area contributed by atoms with Crippen LogP contribution in [0.2, 0.25) is 45.8 Å². The minimum absolute atomic E-state index is 0. The standard InChI is InChI=1S/C41H52O5Si6.4CH4/c1-10-47(3,4)42-50(8,39-31-21-14-22-32-39)45-51(9,43-48(5,6)11-2)46-52(40-33-23-15-24-34-40,41-35-25-16-26-36-41)44-49(7,37-27-17-12-18-28-37)38-29-19-13-20-30-38;;;;/h10-36H,1-2H2,3-9H3;4*1H4. The topological polar surface area (TPSA) is 46.2 Å². The molecule has 2 atom stereocenters. The van der Waals surface area contributed by atoms with Gasteiger partial charge in [0, 0.05) is 6.55 Å². The van der Waals surface area contributed by atoms with Gasteiger partial charge in [0.15, 0.2) is 8.32 Å². The lowest BCUT2D eigenvalue weighted by Crippen LogP contribution is -2.77. The van der Waals surface area contributed by atoms with Crippen LogP contribution in [0.15, 0.2) is 176 Å². The lowest BCUT2D eigenvalue weighted by Gasteiger charge is -2.47. The van der Waals surface area contributed by atoms with E-state index in [0.717, 1.165) is 25.9 Å². The fraction of sp³-hybridized carbons (Fsp3) is 0.244. The summed E-state index contributed by atoms with van der Waals surface area (Å²) < 4.78 is 38.0. The normalized spacial score (nSPS) is 13.8. The number of hydrogen-bond donors (Lipinski definition) is 0. The minimum atomic E-state index is -3.77. The zero-order valence-electron chi connectivity index (χ0n) is 31.5. The van der Waals surface area contributed by atoms with E-state index in [-0.39, 0.29) is 29.7 Å². The van der Waals surface area contributed by atoms with Gasteiger partial charge in [-0.2, -0.15) is 0 Å². The van der Waals surface area contributed by atoms with E-state index < -0.39 is 50.9 Å². The Bertz CT molecular complexity index is 1820. The molecule has 5 aromatic rings. The molecule has 0 radical (unpaired) electrons. The van der Waals surface area contributed by atoms with Gasteiger partial charge in [0.1, 0.15) is 0 Å². The summed E-state index contributed by atoms with van der Waals surface area (Å²) in [5.74, 6) is 0. The first-order chi connectivity index (χ1) is 24.7. The molecule has 0 bridgehead atoms. The average molecular weight is 858 g/mol. The van der Waals surface area contributed by atoms with Gasteiger partial charge in [-0.3, -0.25) is 0 Å². The summed E-state index contributed by atoms with van der Waals surface area (Å²) >= 11 is 0. The van der Waals surface area contributed by atoms with Crippen LogP contribution >= 0.6 is 0 Å². The quantitative estimate of drug-likeness (QED) is 0.0873. The molecule has 5 nitrogen and oxygen atoms in total. The lowest BCUT2D eigenvalue weighted by molar-refractivity contribution is 0.225. The third-order valence-electron chi connectivity index (χ3n) is 9.20. The van der Waals surface area contributed by atoms with Crippen LogP contribution in [-0.2, 0) is 20.6 Å². The van der Waals surface area contributed by atoms with E-state index in [1.165, 1.54) is 0 Å². The van der Waals surface area contributed by atoms with Crippen molar-refractivity contribution in [2.24, 2.45) is 0 Å². The zero-order valence-corrected chi connectivity index (χ0v) is 37.5. The van der Waals surface area contributed by atoms with Gasteiger partial charge >= 0.3 is 25.9 Å². The molecule has 56 heavy (non-hydrogen) atoms. The Morgan fingerprint density at radius 3 is 1.00 bits per heavy atom. The molecule has 302 valence electrons. The highest BCUT2D eigenvalue weighted by Gasteiger charge is 2.59. The average Bonchev–Trinajstić information content (AvgIpc) is 3.15. The Kier molecular flexibility index (Phi) is 18.9. The third-order valence-corrected chi connectivity index (χ3v) is 33.3. The number of hydrogen-bond acceptors (Lipinski definition) is 5. The molecule has 2 unspecified atom stereocenters. The molecular weight excluding hydrogens is 789 g/mol. The SMILES string of the molecule is C.C.C.C.C=C[Si](C)(C)O[Si](C)(O[Si](C)(O[Si](C)(C)C=C)c1ccccc1)O[Si](O[Si](C)(c1ccccc1)c1ccccc1)(c1ccccc1)c1ccccc1. The second kappa shape index (κ2) is 20.9. The summed E-state index contributed by atoms with van der Waals surface area (Å²) in [5, 5.41) is 5.23. The van der Waals surface area contributed by atoms with E-state index in [1.807, 2.05) is 48.3 Å². The van der Waals surface area contributed by atoms with Gasteiger partial charge in [-0.05, 0) is 65.2 Å². The molecule has 5 rings (SSSR count). The summed E-state index contributed by atoms with van der Waals surface area (Å²) in [6, 6.07) is 52.3. The Morgan fingerprint density at radius 2 is 0.661 bits per heavy atom. The molecule has 0 aliphatic carbocycles. The molecule has 0 aliphatic rings. The molecule has 0 saturated heterocycles. The van der Waals surface area contributed by atoms with Crippen molar-refractivity contribution in [1.29, 1.82) is 0 Å². The van der Waals surface area contributed by atoms with Crippen LogP contribution in [0.25, 0.3) is 0 Å². The molecule has 5 aromatic carbocycles. The van der Waals surface area contributed by atoms with E-state index in [0.29, 0.717) is 0 Å². The lowest BCUT2D eigenvalue weighted by atomic mass is 10.4. The highest BCUT2D eigenvalue weighted by molar-refractivity contribution is 7.08. The van der Waals surface area contributed by atoms with Crippen LogP contribution in [0.5, 0.6) is 0 Å². The molecule has 0 aliphatic heterocycles. The molecular formula is C45H68O5Si6. The molecule has 0 aromatic heterocycles. The van der Waals surface area contributed by atoms with E-state index in [1.54, 1.807) is 0 Å². The molecule has 0 fully saturated rings. The zero-order chi connectivity index (χ0) is 37.5. The van der Waals surface area contributed by atoms with Crippen LogP contribution in [0, 0.1) is 0 Å². The summed E-state index contributed by atoms with van der Waals surface area (Å²) in [5.41, 5.74) is 3.90. The molecule has 11 heteroatoms. The van der Waals surface area contributed by atoms with Gasteiger partial charge in [-0.1, -0.05) is 193 Å². The van der Waals surface area contributed by atoms with Crippen molar-refractivity contribution in [3.8, 4) is 0 Å². The maximum atomic E-state index is 8.04. The van der Waals surface area contributed by atoms with Crippen molar-refractivity contribution in [2.75, 3.05) is 0 Å². The van der Waals surface area contributed by atoms with Gasteiger partial charge in [0.2, 0.25) is 16.6 Å². The maximum absolute atomic E-state index is 8.04. The van der Waals surface area contributed by atoms with E-state index in [4.69, 9.17) is 20.6 Å². The second-order valence-electron chi connectivity index (χ2n) is 14.4. The summed E-state index contributed by atoms with van der Waals surface area (Å²) in [6.45, 7) is 23.3. The fourth-order valence-electron chi connectivity index (χ4n) is 6.44. The van der Waals surface area contributed by atoms with Crippen molar-refractivity contribution in [1.82, 2.24) is 0 Å². The predicted octanol–water partition coefficient (Wildman–Crippen LogP) is 9.67. The van der Waals surface area contributed by atoms with Crippen LogP contribution in [0.1, 0.15) is 29.7 Å². The molecule has 0 saturated carbocycles. The molecule has 0 amide bonds. The number of rotatable bonds is 17. The van der Waals surface area contributed by atoms with Crippen molar-refractivity contribution < 1.29 is 20.6 Å². The monoisotopic (exact) mass is 856 g/mol. The second-order valence-corrected chi connectivity index (χ2v) is 35.5. The molecule has 0 heterocycles. The van der Waals surface area contributed by atoms with Crippen molar-refractivity contribution in [2.45, 2.75) is 75.5 Å². The van der Waals surface area contributed by atoms with E-state index in [2.05, 4.69) is 174 Å². The largest absolute Gasteiger partial charge is 0.470 e. The van der Waals surface area contributed by atoms with Gasteiger partial charge in [-0.25, -0.2) is 0 Å². The Labute approximate surface area is 347 Å². The van der Waals surface area contributed by atoms with E-state index in [9.17, 15) is 0 Å². The van der Waals surface area contributed by atoms with Crippen molar-refractivity contribution in [3.63, 3.8) is 0 Å². The Balaban J connectivity index is 0.00000392. The van der Waals surface area contributed by atoms with Gasteiger partial charge < -0.3 is 20.6 Å². The van der Waals surface area contributed by atoms with Crippen molar-refractivity contribution in [3.05, 3.63) is 176 Å². The molecule has 0 N–H and O–H groups in total. The summed E-state index contributed by atoms with van der Waals surface area (Å²) in [4.78, 5) is 0. The minimum Gasteiger partial charge on any atom is -0.430 e. The maximum Gasteiger partial charge on any atom is 0.470 e. The fourth-order valence-corrected chi connectivity index (χ4v) is 33.0. The highest BCUT2D eigenvalue weighted by atomic mass is 28.5. The first-order valence-electron chi connectivity index (χ1n) is 17.7. The highest BCUT2D eigenvalue weighted by Crippen LogP contribution is 2.30. The van der Waals surface area contributed by atoms with Gasteiger partial charge in [0.05, 0.1) is 0 Å². The van der Waals surface area contributed by atoms with Crippen LogP contribution in [-0.4, -0.2) is 50.9 Å². The van der Waals surface area contributed by atoms with Gasteiger partial charge in [0.25, 0.3) is 0 Å². The van der Waals surface area contributed by atoms with E-state index >= 15 is 0 Å². The third kappa shape index (κ3) is 11.9. The first kappa shape index (κ1) is 50.7. The predicted molar refractivity (Wildman–Crippen MR) is 259 cm³/mol. The van der Waals surface area contributed by atoms with Crippen molar-refractivity contribution >= 4 is 76.8 Å². The molecule has 0 spiro atoms. The van der Waals surface area contributed by atoms with Crippen LogP contribution in [0.3, 0.4) is 0 Å². The van der Waals surface area contributed by atoms with Crippen LogP contribution in [0.4, 0.5) is 0 Å². The summed E-state index contributed by atoms with van der Waals surface area (Å²) in [6.07, 6.45) is 0. The summed E-state index contributed by atoms with van der Waals surface area (Å²) in [7, 11) is -18.7. The van der Waals surface area contributed by atoms with Crippen LogP contribution < -0.4 is 25.9 Å².